The molecule has 4 aromatic rings. The number of fused-ring (bicyclic) bond motifs is 1. The van der Waals surface area contributed by atoms with Crippen LogP contribution in [0.5, 0.6) is 11.5 Å². The van der Waals surface area contributed by atoms with Crippen molar-refractivity contribution in [1.82, 2.24) is 10.2 Å². The van der Waals surface area contributed by atoms with Crippen molar-refractivity contribution in [2.75, 3.05) is 11.5 Å². The van der Waals surface area contributed by atoms with E-state index < -0.39 is 17.7 Å². The van der Waals surface area contributed by atoms with Crippen molar-refractivity contribution < 1.29 is 24.2 Å². The second-order valence-electron chi connectivity index (χ2n) is 9.90. The first-order valence-corrected chi connectivity index (χ1v) is 15.5. The third-order valence-corrected chi connectivity index (χ3v) is 9.36. The zero-order valence-electron chi connectivity index (χ0n) is 22.7. The fourth-order valence-corrected chi connectivity index (χ4v) is 7.04. The minimum absolute atomic E-state index is 0.0217. The molecule has 1 fully saturated rings. The molecule has 42 heavy (non-hydrogen) atoms. The van der Waals surface area contributed by atoms with Crippen molar-refractivity contribution in [2.24, 2.45) is 0 Å². The van der Waals surface area contributed by atoms with Gasteiger partial charge in [0.05, 0.1) is 18.2 Å². The van der Waals surface area contributed by atoms with Crippen molar-refractivity contribution in [3.8, 4) is 11.5 Å². The number of carbonyl (C=O) groups is 2. The van der Waals surface area contributed by atoms with Crippen LogP contribution >= 0.6 is 34.7 Å². The van der Waals surface area contributed by atoms with Gasteiger partial charge in [-0.15, -0.1) is 10.2 Å². The van der Waals surface area contributed by atoms with Crippen LogP contribution in [0.4, 0.5) is 5.13 Å². The van der Waals surface area contributed by atoms with Crippen LogP contribution in [0, 0.1) is 0 Å². The van der Waals surface area contributed by atoms with Gasteiger partial charge in [0.1, 0.15) is 23.4 Å². The Balaban J connectivity index is 1.39. The van der Waals surface area contributed by atoms with Crippen LogP contribution in [0.3, 0.4) is 0 Å². The molecule has 214 valence electrons. The molecule has 1 amide bonds. The van der Waals surface area contributed by atoms with E-state index in [1.54, 1.807) is 36.4 Å². The van der Waals surface area contributed by atoms with Crippen LogP contribution in [0.25, 0.3) is 5.76 Å². The lowest BCUT2D eigenvalue weighted by molar-refractivity contribution is -0.132. The highest BCUT2D eigenvalue weighted by molar-refractivity contribution is 8.00. The first kappa shape index (κ1) is 28.3. The number of hydrogen-bond acceptors (Lipinski definition) is 9. The van der Waals surface area contributed by atoms with Gasteiger partial charge in [-0.05, 0) is 73.0 Å². The molecule has 1 N–H and O–H groups in total. The number of hydrogen-bond donors (Lipinski definition) is 1. The van der Waals surface area contributed by atoms with Gasteiger partial charge in [-0.2, -0.15) is 0 Å². The van der Waals surface area contributed by atoms with Crippen LogP contribution in [0.1, 0.15) is 42.1 Å². The molecule has 8 nitrogen and oxygen atoms in total. The number of nitrogens with zero attached hydrogens (tertiary/aromatic N) is 3. The highest BCUT2D eigenvalue weighted by Crippen LogP contribution is 2.45. The summed E-state index contributed by atoms with van der Waals surface area (Å²) in [5.74, 6) is 0.123. The number of aliphatic hydroxyl groups excluding tert-OH is 1. The van der Waals surface area contributed by atoms with E-state index in [0.29, 0.717) is 45.0 Å². The zero-order chi connectivity index (χ0) is 29.4. The molecule has 0 bridgehead atoms. The maximum Gasteiger partial charge on any atom is 0.301 e. The number of amides is 1. The number of rotatable bonds is 8. The van der Waals surface area contributed by atoms with E-state index >= 15 is 0 Å². The predicted octanol–water partition coefficient (Wildman–Crippen LogP) is 6.83. The Morgan fingerprint density at radius 2 is 1.95 bits per heavy atom. The van der Waals surface area contributed by atoms with Crippen LogP contribution in [0.2, 0.25) is 5.02 Å². The summed E-state index contributed by atoms with van der Waals surface area (Å²) < 4.78 is 12.1. The molecule has 11 heteroatoms. The van der Waals surface area contributed by atoms with E-state index in [-0.39, 0.29) is 22.6 Å². The Morgan fingerprint density at radius 3 is 2.74 bits per heavy atom. The number of aliphatic hydroxyl groups is 1. The summed E-state index contributed by atoms with van der Waals surface area (Å²) in [6.45, 7) is 4.30. The van der Waals surface area contributed by atoms with E-state index in [1.807, 2.05) is 44.2 Å². The van der Waals surface area contributed by atoms with Crippen molar-refractivity contribution >= 4 is 57.3 Å². The van der Waals surface area contributed by atoms with Gasteiger partial charge >= 0.3 is 5.91 Å². The molecule has 0 aliphatic carbocycles. The summed E-state index contributed by atoms with van der Waals surface area (Å²) in [5, 5.41) is 21.1. The number of ether oxygens (including phenoxy) is 2. The second kappa shape index (κ2) is 11.8. The summed E-state index contributed by atoms with van der Waals surface area (Å²) >= 11 is 8.68. The lowest BCUT2D eigenvalue weighted by atomic mass is 9.94. The van der Waals surface area contributed by atoms with E-state index in [4.69, 9.17) is 21.1 Å². The lowest BCUT2D eigenvalue weighted by Crippen LogP contribution is -2.29. The van der Waals surface area contributed by atoms with E-state index in [1.165, 1.54) is 28.0 Å². The predicted molar refractivity (Wildman–Crippen MR) is 164 cm³/mol. The Kier molecular flexibility index (Phi) is 7.94. The van der Waals surface area contributed by atoms with Gasteiger partial charge in [0, 0.05) is 22.8 Å². The molecular formula is C31H26ClN3O5S2. The number of thioether (sulfide) groups is 1. The van der Waals surface area contributed by atoms with Crippen LogP contribution in [-0.4, -0.2) is 39.7 Å². The number of Topliss-reactive ketones (excluding diaryl/α,β-unsaturated/α-hetero) is 1. The minimum atomic E-state index is -0.934. The highest BCUT2D eigenvalue weighted by Gasteiger charge is 2.48. The van der Waals surface area contributed by atoms with Gasteiger partial charge < -0.3 is 14.6 Å². The highest BCUT2D eigenvalue weighted by atomic mass is 35.5. The molecule has 3 heterocycles. The van der Waals surface area contributed by atoms with E-state index in [2.05, 4.69) is 10.2 Å². The molecule has 2 aliphatic rings. The van der Waals surface area contributed by atoms with Crippen molar-refractivity contribution in [3.63, 3.8) is 0 Å². The fraction of sp³-hybridized carbons (Fsp3) is 0.226. The van der Waals surface area contributed by atoms with Gasteiger partial charge in [0.15, 0.2) is 4.34 Å². The molecule has 2 aliphatic heterocycles. The number of ketones is 1. The number of anilines is 1. The van der Waals surface area contributed by atoms with Crippen LogP contribution < -0.4 is 14.4 Å². The smallest absolute Gasteiger partial charge is 0.301 e. The minimum Gasteiger partial charge on any atom is -0.507 e. The maximum absolute atomic E-state index is 13.6. The molecule has 6 rings (SSSR count). The fourth-order valence-electron chi connectivity index (χ4n) is 5.10. The Labute approximate surface area is 255 Å². The zero-order valence-corrected chi connectivity index (χ0v) is 25.1. The second-order valence-corrected chi connectivity index (χ2v) is 12.5. The van der Waals surface area contributed by atoms with Crippen molar-refractivity contribution in [1.29, 1.82) is 0 Å². The summed E-state index contributed by atoms with van der Waals surface area (Å²) in [7, 11) is 0. The van der Waals surface area contributed by atoms with Gasteiger partial charge in [0.2, 0.25) is 5.13 Å². The average Bonchev–Trinajstić information content (AvgIpc) is 3.67. The average molecular weight is 620 g/mol. The number of halogens is 1. The summed E-state index contributed by atoms with van der Waals surface area (Å²) in [5.41, 5.74) is 3.01. The Hall–Kier alpha value is -3.86. The van der Waals surface area contributed by atoms with Gasteiger partial charge in [-0.1, -0.05) is 59.0 Å². The quantitative estimate of drug-likeness (QED) is 0.0753. The van der Waals surface area contributed by atoms with E-state index in [9.17, 15) is 14.7 Å². The van der Waals surface area contributed by atoms with E-state index in [0.717, 1.165) is 16.9 Å². The molecule has 0 saturated carbocycles. The first-order valence-electron chi connectivity index (χ1n) is 13.4. The maximum atomic E-state index is 13.6. The Bertz CT molecular complexity index is 1700. The first-order chi connectivity index (χ1) is 20.3. The standard InChI is InChI=1S/C31H26ClN3O5S2/c1-3-39-23-6-4-5-19(15-23)26-25(27(36)20-9-12-24-21(14-20)13-17(2)40-24)28(37)29(38)35(26)30-33-34-31(42-30)41-16-18-7-10-22(32)11-8-18/h4-12,14-15,17,26,36H,3,13,16H2,1-2H3. The molecular weight excluding hydrogens is 594 g/mol. The molecule has 2 unspecified atom stereocenters. The molecule has 2 atom stereocenters. The Morgan fingerprint density at radius 1 is 1.14 bits per heavy atom. The van der Waals surface area contributed by atoms with Crippen LogP contribution in [0.15, 0.2) is 76.6 Å². The molecule has 0 spiro atoms. The molecule has 1 aromatic heterocycles. The summed E-state index contributed by atoms with van der Waals surface area (Å²) in [6, 6.07) is 19.1. The van der Waals surface area contributed by atoms with Crippen molar-refractivity contribution in [3.05, 3.63) is 99.6 Å². The van der Waals surface area contributed by atoms with Gasteiger partial charge in [0.25, 0.3) is 5.78 Å². The van der Waals surface area contributed by atoms with Gasteiger partial charge in [-0.25, -0.2) is 0 Å². The topological polar surface area (TPSA) is 102 Å². The van der Waals surface area contributed by atoms with Crippen LogP contribution in [-0.2, 0) is 21.8 Å². The number of carbonyl (C=O) groups excluding carboxylic acids is 2. The number of aromatic nitrogens is 2. The lowest BCUT2D eigenvalue weighted by Gasteiger charge is -2.23. The SMILES string of the molecule is CCOc1cccc(C2C(=C(O)c3ccc4c(c3)CC(C)O4)C(=O)C(=O)N2c2nnc(SCc3ccc(Cl)cc3)s2)c1. The largest absolute Gasteiger partial charge is 0.507 e. The third-order valence-electron chi connectivity index (χ3n) is 6.98. The summed E-state index contributed by atoms with van der Waals surface area (Å²) in [6.07, 6.45) is 0.708. The van der Waals surface area contributed by atoms with Gasteiger partial charge in [-0.3, -0.25) is 14.5 Å². The molecule has 1 saturated heterocycles. The molecule has 3 aromatic carbocycles. The monoisotopic (exact) mass is 619 g/mol. The normalized spacial score (nSPS) is 19.2. The van der Waals surface area contributed by atoms with Crippen molar-refractivity contribution in [2.45, 2.75) is 42.5 Å². The third kappa shape index (κ3) is 5.49. The molecule has 0 radical (unpaired) electrons. The summed E-state index contributed by atoms with van der Waals surface area (Å²) in [4.78, 5) is 28.5. The number of benzene rings is 3.